The largest absolute Gasteiger partial charge is 0.444 e. The average Bonchev–Trinajstić information content (AvgIpc) is 3.40. The highest BCUT2D eigenvalue weighted by atomic mass is 19.1. The van der Waals surface area contributed by atoms with Crippen molar-refractivity contribution in [3.63, 3.8) is 0 Å². The second-order valence-electron chi connectivity index (χ2n) is 9.19. The van der Waals surface area contributed by atoms with Gasteiger partial charge in [-0.3, -0.25) is 4.79 Å². The molecule has 2 saturated carbocycles. The molecule has 2 atom stereocenters. The van der Waals surface area contributed by atoms with Crippen LogP contribution in [0.3, 0.4) is 0 Å². The Morgan fingerprint density at radius 1 is 1.14 bits per heavy atom. The van der Waals surface area contributed by atoms with E-state index in [1.165, 1.54) is 12.1 Å². The topological polar surface area (TPSA) is 67.4 Å². The standard InChI is InChI=1S/C22H31FN2O3/c1-21(2,3)28-20(27)25-22(11-5-4-6-12-22)14-24-19(26)18-13-17(18)15-7-9-16(23)10-8-15/h7-10,17-18H,4-6,11-14H2,1-3H3,(H,24,26)(H,25,27). The molecule has 6 heteroatoms. The number of nitrogens with one attached hydrogen (secondary N) is 2. The Labute approximate surface area is 166 Å². The molecule has 0 bridgehead atoms. The van der Waals surface area contributed by atoms with E-state index in [1.54, 1.807) is 12.1 Å². The van der Waals surface area contributed by atoms with Gasteiger partial charge in [-0.15, -0.1) is 0 Å². The van der Waals surface area contributed by atoms with E-state index in [4.69, 9.17) is 4.74 Å². The number of rotatable bonds is 5. The molecule has 1 aromatic carbocycles. The Balaban J connectivity index is 1.56. The lowest BCUT2D eigenvalue weighted by Gasteiger charge is -2.38. The summed E-state index contributed by atoms with van der Waals surface area (Å²) in [6, 6.07) is 6.37. The summed E-state index contributed by atoms with van der Waals surface area (Å²) >= 11 is 0. The van der Waals surface area contributed by atoms with Crippen LogP contribution in [0.1, 0.15) is 70.8 Å². The van der Waals surface area contributed by atoms with Crippen LogP contribution in [-0.2, 0) is 9.53 Å². The second kappa shape index (κ2) is 8.10. The van der Waals surface area contributed by atoms with E-state index < -0.39 is 17.2 Å². The van der Waals surface area contributed by atoms with E-state index in [0.717, 1.165) is 44.1 Å². The lowest BCUT2D eigenvalue weighted by atomic mass is 9.81. The molecule has 0 heterocycles. The summed E-state index contributed by atoms with van der Waals surface area (Å²) < 4.78 is 18.5. The van der Waals surface area contributed by atoms with E-state index in [1.807, 2.05) is 20.8 Å². The summed E-state index contributed by atoms with van der Waals surface area (Å²) in [5, 5.41) is 6.09. The van der Waals surface area contributed by atoms with Crippen molar-refractivity contribution in [2.45, 2.75) is 76.4 Å². The summed E-state index contributed by atoms with van der Waals surface area (Å²) in [6.45, 7) is 5.93. The Morgan fingerprint density at radius 2 is 1.79 bits per heavy atom. The molecule has 2 aliphatic carbocycles. The summed E-state index contributed by atoms with van der Waals surface area (Å²) in [6.07, 6.45) is 5.20. The van der Waals surface area contributed by atoms with E-state index in [0.29, 0.717) is 6.54 Å². The minimum Gasteiger partial charge on any atom is -0.444 e. The van der Waals surface area contributed by atoms with Crippen molar-refractivity contribution in [1.29, 1.82) is 0 Å². The van der Waals surface area contributed by atoms with Gasteiger partial charge in [0.1, 0.15) is 11.4 Å². The van der Waals surface area contributed by atoms with E-state index in [9.17, 15) is 14.0 Å². The number of alkyl carbamates (subject to hydrolysis) is 1. The number of carbonyl (C=O) groups excluding carboxylic acids is 2. The minimum absolute atomic E-state index is 0.00487. The number of hydrogen-bond donors (Lipinski definition) is 2. The van der Waals surface area contributed by atoms with Gasteiger partial charge >= 0.3 is 6.09 Å². The van der Waals surface area contributed by atoms with Crippen LogP contribution < -0.4 is 10.6 Å². The van der Waals surface area contributed by atoms with Crippen LogP contribution >= 0.6 is 0 Å². The number of carbonyl (C=O) groups is 2. The Hall–Kier alpha value is -2.11. The summed E-state index contributed by atoms with van der Waals surface area (Å²) in [5.41, 5.74) is -0.00313. The molecular weight excluding hydrogens is 359 g/mol. The number of amides is 2. The lowest BCUT2D eigenvalue weighted by Crippen LogP contribution is -2.57. The third-order valence-corrected chi connectivity index (χ3v) is 5.60. The van der Waals surface area contributed by atoms with Crippen LogP contribution in [-0.4, -0.2) is 29.7 Å². The quantitative estimate of drug-likeness (QED) is 0.789. The van der Waals surface area contributed by atoms with Crippen LogP contribution in [0.2, 0.25) is 0 Å². The first kappa shape index (κ1) is 20.6. The van der Waals surface area contributed by atoms with E-state index in [2.05, 4.69) is 10.6 Å². The third kappa shape index (κ3) is 5.46. The van der Waals surface area contributed by atoms with Crippen molar-refractivity contribution >= 4 is 12.0 Å². The molecule has 0 saturated heterocycles. The number of benzene rings is 1. The van der Waals surface area contributed by atoms with Crippen molar-refractivity contribution in [3.05, 3.63) is 35.6 Å². The monoisotopic (exact) mass is 390 g/mol. The summed E-state index contributed by atoms with van der Waals surface area (Å²) in [4.78, 5) is 24.9. The smallest absolute Gasteiger partial charge is 0.408 e. The van der Waals surface area contributed by atoms with Crippen LogP contribution in [0.15, 0.2) is 24.3 Å². The summed E-state index contributed by atoms with van der Waals surface area (Å²) in [7, 11) is 0. The van der Waals surface area contributed by atoms with Crippen molar-refractivity contribution in [1.82, 2.24) is 10.6 Å². The first-order valence-electron chi connectivity index (χ1n) is 10.2. The Bertz CT molecular complexity index is 705. The number of ether oxygens (including phenoxy) is 1. The average molecular weight is 390 g/mol. The maximum absolute atomic E-state index is 13.1. The molecule has 0 aliphatic heterocycles. The molecular formula is C22H31FN2O3. The molecule has 2 N–H and O–H groups in total. The fourth-order valence-corrected chi connectivity index (χ4v) is 4.05. The second-order valence-corrected chi connectivity index (χ2v) is 9.19. The van der Waals surface area contributed by atoms with Gasteiger partial charge in [0.25, 0.3) is 0 Å². The SMILES string of the molecule is CC(C)(C)OC(=O)NC1(CNC(=O)C2CC2c2ccc(F)cc2)CCCCC1. The van der Waals surface area contributed by atoms with Crippen LogP contribution in [0, 0.1) is 11.7 Å². The normalized spacial score (nSPS) is 23.6. The maximum atomic E-state index is 13.1. The number of hydrogen-bond acceptors (Lipinski definition) is 3. The molecule has 0 spiro atoms. The van der Waals surface area contributed by atoms with Gasteiger partial charge in [-0.25, -0.2) is 9.18 Å². The van der Waals surface area contributed by atoms with Gasteiger partial charge < -0.3 is 15.4 Å². The molecule has 0 radical (unpaired) electrons. The fourth-order valence-electron chi connectivity index (χ4n) is 4.05. The van der Waals surface area contributed by atoms with Gasteiger partial charge in [-0.05, 0) is 63.6 Å². The Kier molecular flexibility index (Phi) is 5.96. The van der Waals surface area contributed by atoms with Crippen LogP contribution in [0.25, 0.3) is 0 Å². The zero-order valence-corrected chi connectivity index (χ0v) is 17.0. The van der Waals surface area contributed by atoms with Crippen molar-refractivity contribution in [2.75, 3.05) is 6.54 Å². The van der Waals surface area contributed by atoms with Gasteiger partial charge in [0.15, 0.2) is 0 Å². The highest BCUT2D eigenvalue weighted by Crippen LogP contribution is 2.47. The van der Waals surface area contributed by atoms with E-state index >= 15 is 0 Å². The van der Waals surface area contributed by atoms with Crippen molar-refractivity contribution < 1.29 is 18.7 Å². The van der Waals surface area contributed by atoms with Gasteiger partial charge in [-0.1, -0.05) is 31.4 Å². The lowest BCUT2D eigenvalue weighted by molar-refractivity contribution is -0.122. The molecule has 2 aliphatic rings. The number of halogens is 1. The third-order valence-electron chi connectivity index (χ3n) is 5.60. The van der Waals surface area contributed by atoms with Crippen LogP contribution in [0.5, 0.6) is 0 Å². The Morgan fingerprint density at radius 3 is 2.39 bits per heavy atom. The van der Waals surface area contributed by atoms with Gasteiger partial charge in [-0.2, -0.15) is 0 Å². The zero-order valence-electron chi connectivity index (χ0n) is 17.0. The molecule has 5 nitrogen and oxygen atoms in total. The first-order valence-corrected chi connectivity index (χ1v) is 10.2. The highest BCUT2D eigenvalue weighted by molar-refractivity contribution is 5.83. The predicted octanol–water partition coefficient (Wildman–Crippen LogP) is 4.27. The molecule has 28 heavy (non-hydrogen) atoms. The van der Waals surface area contributed by atoms with Crippen molar-refractivity contribution in [2.24, 2.45) is 5.92 Å². The van der Waals surface area contributed by atoms with Gasteiger partial charge in [0, 0.05) is 12.5 Å². The molecule has 0 aromatic heterocycles. The molecule has 2 amide bonds. The molecule has 154 valence electrons. The van der Waals surface area contributed by atoms with Gasteiger partial charge in [0.05, 0.1) is 5.54 Å². The predicted molar refractivity (Wildman–Crippen MR) is 105 cm³/mol. The van der Waals surface area contributed by atoms with Gasteiger partial charge in [0.2, 0.25) is 5.91 Å². The zero-order chi connectivity index (χ0) is 20.4. The molecule has 3 rings (SSSR count). The van der Waals surface area contributed by atoms with E-state index in [-0.39, 0.29) is 23.6 Å². The van der Waals surface area contributed by atoms with Crippen molar-refractivity contribution in [3.8, 4) is 0 Å². The first-order chi connectivity index (χ1) is 13.2. The fraction of sp³-hybridized carbons (Fsp3) is 0.636. The minimum atomic E-state index is -0.556. The highest BCUT2D eigenvalue weighted by Gasteiger charge is 2.45. The summed E-state index contributed by atoms with van der Waals surface area (Å²) in [5.74, 6) is -0.183. The van der Waals surface area contributed by atoms with Crippen LogP contribution in [0.4, 0.5) is 9.18 Å². The molecule has 2 fully saturated rings. The molecule has 2 unspecified atom stereocenters. The maximum Gasteiger partial charge on any atom is 0.408 e. The molecule has 1 aromatic rings.